The Kier molecular flexibility index (Phi) is 1.99. The number of hydrogen-bond acceptors (Lipinski definition) is 5. The second kappa shape index (κ2) is 3.17. The number of aromatic hydroxyl groups is 1. The predicted octanol–water partition coefficient (Wildman–Crippen LogP) is 1.14. The van der Waals surface area contributed by atoms with E-state index in [4.69, 9.17) is 18.9 Å². The van der Waals surface area contributed by atoms with Gasteiger partial charge in [-0.05, 0) is 0 Å². The van der Waals surface area contributed by atoms with Crippen molar-refractivity contribution in [3.63, 3.8) is 0 Å². The molecule has 2 rings (SSSR count). The first-order valence-corrected chi connectivity index (χ1v) is 4.01. The Morgan fingerprint density at radius 2 is 2.07 bits per heavy atom. The summed E-state index contributed by atoms with van der Waals surface area (Å²) < 4.78 is 20.2. The number of phenols is 1. The molecule has 76 valence electrons. The summed E-state index contributed by atoms with van der Waals surface area (Å²) in [4.78, 5) is 0. The maximum Gasteiger partial charge on any atom is 0.231 e. The van der Waals surface area contributed by atoms with Crippen molar-refractivity contribution in [3.05, 3.63) is 6.07 Å². The van der Waals surface area contributed by atoms with Gasteiger partial charge in [-0.2, -0.15) is 0 Å². The van der Waals surface area contributed by atoms with Gasteiger partial charge in [0.1, 0.15) is 0 Å². The average molecular weight is 198 g/mol. The second-order valence-corrected chi connectivity index (χ2v) is 2.69. The summed E-state index contributed by atoms with van der Waals surface area (Å²) in [5, 5.41) is 9.67. The molecule has 0 amide bonds. The van der Waals surface area contributed by atoms with Crippen LogP contribution < -0.4 is 18.9 Å². The SMILES string of the molecule is COc1cc2c(c(OC)c1O)OCO2. The minimum Gasteiger partial charge on any atom is -0.502 e. The first kappa shape index (κ1) is 8.80. The molecule has 1 aromatic rings. The smallest absolute Gasteiger partial charge is 0.231 e. The van der Waals surface area contributed by atoms with Crippen LogP contribution in [0.3, 0.4) is 0 Å². The van der Waals surface area contributed by atoms with Crippen LogP contribution in [0.25, 0.3) is 0 Å². The summed E-state index contributed by atoms with van der Waals surface area (Å²) >= 11 is 0. The van der Waals surface area contributed by atoms with Gasteiger partial charge in [0.05, 0.1) is 14.2 Å². The third-order valence-corrected chi connectivity index (χ3v) is 1.98. The van der Waals surface area contributed by atoms with E-state index < -0.39 is 0 Å². The van der Waals surface area contributed by atoms with Crippen LogP contribution in [0.5, 0.6) is 28.7 Å². The van der Waals surface area contributed by atoms with Crippen LogP contribution >= 0.6 is 0 Å². The lowest BCUT2D eigenvalue weighted by molar-refractivity contribution is 0.171. The maximum absolute atomic E-state index is 9.67. The Morgan fingerprint density at radius 3 is 2.71 bits per heavy atom. The fourth-order valence-corrected chi connectivity index (χ4v) is 1.33. The highest BCUT2D eigenvalue weighted by Crippen LogP contribution is 2.51. The minimum absolute atomic E-state index is 0.0840. The molecule has 1 N–H and O–H groups in total. The summed E-state index contributed by atoms with van der Waals surface area (Å²) in [6.45, 7) is 0.123. The van der Waals surface area contributed by atoms with Gasteiger partial charge in [-0.15, -0.1) is 0 Å². The van der Waals surface area contributed by atoms with Crippen molar-refractivity contribution in [3.8, 4) is 28.7 Å². The van der Waals surface area contributed by atoms with E-state index in [0.29, 0.717) is 17.2 Å². The van der Waals surface area contributed by atoms with Crippen LogP contribution in [0.2, 0.25) is 0 Å². The number of hydrogen-bond donors (Lipinski definition) is 1. The molecule has 0 bridgehead atoms. The molecule has 0 aromatic heterocycles. The largest absolute Gasteiger partial charge is 0.502 e. The van der Waals surface area contributed by atoms with Gasteiger partial charge in [0.15, 0.2) is 11.5 Å². The lowest BCUT2D eigenvalue weighted by Crippen LogP contribution is -1.94. The topological polar surface area (TPSA) is 57.2 Å². The standard InChI is InChI=1S/C9H10O5/c1-11-5-3-6-8(14-4-13-6)9(12-2)7(5)10/h3,10H,4H2,1-2H3. The monoisotopic (exact) mass is 198 g/mol. The minimum atomic E-state index is -0.0840. The van der Waals surface area contributed by atoms with E-state index >= 15 is 0 Å². The molecule has 0 atom stereocenters. The molecule has 0 spiro atoms. The summed E-state index contributed by atoms with van der Waals surface area (Å²) in [5.41, 5.74) is 0. The molecule has 1 aromatic carbocycles. The zero-order chi connectivity index (χ0) is 10.1. The summed E-state index contributed by atoms with van der Waals surface area (Å²) in [6.07, 6.45) is 0. The van der Waals surface area contributed by atoms with E-state index in [1.807, 2.05) is 0 Å². The maximum atomic E-state index is 9.67. The van der Waals surface area contributed by atoms with E-state index in [1.165, 1.54) is 14.2 Å². The van der Waals surface area contributed by atoms with E-state index in [9.17, 15) is 5.11 Å². The van der Waals surface area contributed by atoms with Crippen LogP contribution in [0.15, 0.2) is 6.07 Å². The van der Waals surface area contributed by atoms with Crippen molar-refractivity contribution < 1.29 is 24.1 Å². The van der Waals surface area contributed by atoms with Gasteiger partial charge in [0, 0.05) is 6.07 Å². The van der Waals surface area contributed by atoms with Crippen molar-refractivity contribution in [2.45, 2.75) is 0 Å². The molecule has 0 saturated carbocycles. The summed E-state index contributed by atoms with van der Waals surface area (Å²) in [5.74, 6) is 1.37. The lowest BCUT2D eigenvalue weighted by Gasteiger charge is -2.10. The zero-order valence-corrected chi connectivity index (χ0v) is 7.86. The van der Waals surface area contributed by atoms with Crippen LogP contribution in [0.4, 0.5) is 0 Å². The van der Waals surface area contributed by atoms with E-state index in [2.05, 4.69) is 0 Å². The van der Waals surface area contributed by atoms with Gasteiger partial charge in [-0.3, -0.25) is 0 Å². The van der Waals surface area contributed by atoms with Gasteiger partial charge in [0.2, 0.25) is 24.0 Å². The van der Waals surface area contributed by atoms with E-state index in [1.54, 1.807) is 6.07 Å². The molecule has 0 saturated heterocycles. The van der Waals surface area contributed by atoms with Gasteiger partial charge in [-0.25, -0.2) is 0 Å². The molecule has 0 radical (unpaired) electrons. The normalized spacial score (nSPS) is 12.7. The van der Waals surface area contributed by atoms with Crippen molar-refractivity contribution in [2.24, 2.45) is 0 Å². The molecular weight excluding hydrogens is 188 g/mol. The predicted molar refractivity (Wildman–Crippen MR) is 47.3 cm³/mol. The molecule has 0 unspecified atom stereocenters. The first-order chi connectivity index (χ1) is 6.77. The highest BCUT2D eigenvalue weighted by atomic mass is 16.7. The first-order valence-electron chi connectivity index (χ1n) is 4.01. The Bertz CT molecular complexity index is 360. The molecule has 1 aliphatic heterocycles. The molecule has 5 heteroatoms. The quantitative estimate of drug-likeness (QED) is 0.772. The fraction of sp³-hybridized carbons (Fsp3) is 0.333. The van der Waals surface area contributed by atoms with Crippen molar-refractivity contribution in [1.29, 1.82) is 0 Å². The number of rotatable bonds is 2. The Hall–Kier alpha value is -1.78. The second-order valence-electron chi connectivity index (χ2n) is 2.69. The number of ether oxygens (including phenoxy) is 4. The molecule has 14 heavy (non-hydrogen) atoms. The zero-order valence-electron chi connectivity index (χ0n) is 7.86. The number of methoxy groups -OCH3 is 2. The molecule has 0 aliphatic carbocycles. The highest BCUT2D eigenvalue weighted by Gasteiger charge is 2.25. The summed E-state index contributed by atoms with van der Waals surface area (Å²) in [6, 6.07) is 1.56. The third-order valence-electron chi connectivity index (χ3n) is 1.98. The molecule has 1 heterocycles. The summed E-state index contributed by atoms with van der Waals surface area (Å²) in [7, 11) is 2.90. The number of fused-ring (bicyclic) bond motifs is 1. The molecular formula is C9H10O5. The lowest BCUT2D eigenvalue weighted by atomic mass is 10.2. The van der Waals surface area contributed by atoms with Crippen LogP contribution in [0, 0.1) is 0 Å². The van der Waals surface area contributed by atoms with Gasteiger partial charge in [-0.1, -0.05) is 0 Å². The average Bonchev–Trinajstić information content (AvgIpc) is 2.64. The molecule has 5 nitrogen and oxygen atoms in total. The van der Waals surface area contributed by atoms with Gasteiger partial charge >= 0.3 is 0 Å². The van der Waals surface area contributed by atoms with Gasteiger partial charge < -0.3 is 24.1 Å². The Balaban J connectivity index is 2.60. The fourth-order valence-electron chi connectivity index (χ4n) is 1.33. The van der Waals surface area contributed by atoms with E-state index in [0.717, 1.165) is 0 Å². The van der Waals surface area contributed by atoms with Crippen LogP contribution in [-0.4, -0.2) is 26.1 Å². The van der Waals surface area contributed by atoms with Crippen LogP contribution in [0.1, 0.15) is 0 Å². The van der Waals surface area contributed by atoms with Crippen molar-refractivity contribution in [1.82, 2.24) is 0 Å². The van der Waals surface area contributed by atoms with E-state index in [-0.39, 0.29) is 18.3 Å². The number of phenolic OH excluding ortho intramolecular Hbond substituents is 1. The van der Waals surface area contributed by atoms with Crippen molar-refractivity contribution >= 4 is 0 Å². The highest BCUT2D eigenvalue weighted by molar-refractivity contribution is 5.65. The molecule has 1 aliphatic rings. The van der Waals surface area contributed by atoms with Gasteiger partial charge in [0.25, 0.3) is 0 Å². The number of benzene rings is 1. The molecule has 0 fully saturated rings. The van der Waals surface area contributed by atoms with Crippen molar-refractivity contribution in [2.75, 3.05) is 21.0 Å². The third kappa shape index (κ3) is 1.09. The Morgan fingerprint density at radius 1 is 1.29 bits per heavy atom. The van der Waals surface area contributed by atoms with Crippen LogP contribution in [-0.2, 0) is 0 Å². The Labute approximate surface area is 80.8 Å².